The second kappa shape index (κ2) is 8.89. The third-order valence-electron chi connectivity index (χ3n) is 4.26. The lowest BCUT2D eigenvalue weighted by Crippen LogP contribution is -2.51. The van der Waals surface area contributed by atoms with Gasteiger partial charge in [-0.2, -0.15) is 0 Å². The summed E-state index contributed by atoms with van der Waals surface area (Å²) in [6.07, 6.45) is 2.03. The van der Waals surface area contributed by atoms with Crippen molar-refractivity contribution in [3.8, 4) is 5.75 Å². The van der Waals surface area contributed by atoms with Gasteiger partial charge < -0.3 is 15.3 Å². The van der Waals surface area contributed by atoms with E-state index in [-0.39, 0.29) is 17.7 Å². The van der Waals surface area contributed by atoms with E-state index in [9.17, 15) is 9.90 Å². The van der Waals surface area contributed by atoms with Crippen molar-refractivity contribution in [1.29, 1.82) is 0 Å². The maximum atomic E-state index is 13.2. The number of carbonyl (C=O) groups is 1. The van der Waals surface area contributed by atoms with Gasteiger partial charge in [0, 0.05) is 26.2 Å². The highest BCUT2D eigenvalue weighted by atomic mass is 16.3. The van der Waals surface area contributed by atoms with Crippen LogP contribution in [0.5, 0.6) is 5.75 Å². The fourth-order valence-corrected chi connectivity index (χ4v) is 3.17. The Bertz CT molecular complexity index is 478. The van der Waals surface area contributed by atoms with E-state index in [4.69, 9.17) is 0 Å². The van der Waals surface area contributed by atoms with E-state index >= 15 is 0 Å². The molecule has 0 bridgehead atoms. The molecule has 1 heterocycles. The van der Waals surface area contributed by atoms with Gasteiger partial charge in [-0.3, -0.25) is 9.69 Å². The zero-order chi connectivity index (χ0) is 16.7. The summed E-state index contributed by atoms with van der Waals surface area (Å²) >= 11 is 0. The summed E-state index contributed by atoms with van der Waals surface area (Å²) in [5.74, 6) is 0.416. The van der Waals surface area contributed by atoms with Gasteiger partial charge in [-0.15, -0.1) is 0 Å². The van der Waals surface area contributed by atoms with Crippen molar-refractivity contribution in [2.24, 2.45) is 0 Å². The Morgan fingerprint density at radius 3 is 2.26 bits per heavy atom. The van der Waals surface area contributed by atoms with Crippen molar-refractivity contribution in [1.82, 2.24) is 15.1 Å². The van der Waals surface area contributed by atoms with Gasteiger partial charge >= 0.3 is 0 Å². The highest BCUT2D eigenvalue weighted by Crippen LogP contribution is 2.26. The topological polar surface area (TPSA) is 55.8 Å². The van der Waals surface area contributed by atoms with Crippen LogP contribution in [-0.4, -0.2) is 60.1 Å². The molecule has 1 saturated heterocycles. The van der Waals surface area contributed by atoms with Gasteiger partial charge in [-0.1, -0.05) is 26.0 Å². The summed E-state index contributed by atoms with van der Waals surface area (Å²) in [4.78, 5) is 17.4. The van der Waals surface area contributed by atoms with Crippen LogP contribution in [0.15, 0.2) is 24.3 Å². The van der Waals surface area contributed by atoms with Crippen molar-refractivity contribution < 1.29 is 9.90 Å². The lowest BCUT2D eigenvalue weighted by molar-refractivity contribution is -0.138. The minimum atomic E-state index is -0.256. The van der Waals surface area contributed by atoms with Gasteiger partial charge in [0.25, 0.3) is 0 Å². The van der Waals surface area contributed by atoms with Crippen LogP contribution in [0.25, 0.3) is 0 Å². The van der Waals surface area contributed by atoms with Gasteiger partial charge in [0.1, 0.15) is 11.8 Å². The molecule has 1 aromatic carbocycles. The summed E-state index contributed by atoms with van der Waals surface area (Å²) in [6.45, 7) is 9.33. The Hall–Kier alpha value is -1.59. The standard InChI is InChI=1S/C18H29N3O2/c1-3-11-20(12-4-2)17(15-5-7-16(22)8-6-15)18(23)21-13-9-19-10-14-21/h5-8,17,19,22H,3-4,9-14H2,1-2H3. The summed E-state index contributed by atoms with van der Waals surface area (Å²) in [6, 6.07) is 6.83. The minimum Gasteiger partial charge on any atom is -0.508 e. The maximum Gasteiger partial charge on any atom is 0.244 e. The van der Waals surface area contributed by atoms with Crippen LogP contribution in [0.1, 0.15) is 38.3 Å². The van der Waals surface area contributed by atoms with Gasteiger partial charge in [0.2, 0.25) is 5.91 Å². The van der Waals surface area contributed by atoms with Gasteiger partial charge in [-0.05, 0) is 43.6 Å². The first kappa shape index (κ1) is 17.8. The van der Waals surface area contributed by atoms with E-state index in [0.29, 0.717) is 0 Å². The van der Waals surface area contributed by atoms with E-state index in [2.05, 4.69) is 24.1 Å². The van der Waals surface area contributed by atoms with E-state index in [1.54, 1.807) is 12.1 Å². The predicted octanol–water partition coefficient (Wildman–Crippen LogP) is 1.99. The first-order chi connectivity index (χ1) is 11.2. The molecule has 0 radical (unpaired) electrons. The highest BCUT2D eigenvalue weighted by Gasteiger charge is 2.31. The van der Waals surface area contributed by atoms with Crippen LogP contribution < -0.4 is 5.32 Å². The Kier molecular flexibility index (Phi) is 6.86. The molecule has 1 aliphatic heterocycles. The number of piperazine rings is 1. The summed E-state index contributed by atoms with van der Waals surface area (Å²) in [7, 11) is 0. The molecule has 2 rings (SSSR count). The number of nitrogens with one attached hydrogen (secondary N) is 1. The summed E-state index contributed by atoms with van der Waals surface area (Å²) in [5, 5.41) is 12.8. The molecule has 1 fully saturated rings. The molecule has 0 saturated carbocycles. The van der Waals surface area contributed by atoms with Gasteiger partial charge in [-0.25, -0.2) is 0 Å². The molecule has 1 aliphatic rings. The Balaban J connectivity index is 2.28. The molecule has 23 heavy (non-hydrogen) atoms. The lowest BCUT2D eigenvalue weighted by atomic mass is 10.0. The quantitative estimate of drug-likeness (QED) is 0.807. The Labute approximate surface area is 139 Å². The first-order valence-electron chi connectivity index (χ1n) is 8.69. The van der Waals surface area contributed by atoms with E-state index in [1.165, 1.54) is 0 Å². The number of nitrogens with zero attached hydrogens (tertiary/aromatic N) is 2. The molecular formula is C18H29N3O2. The second-order valence-corrected chi connectivity index (χ2v) is 6.11. The number of rotatable bonds is 7. The largest absolute Gasteiger partial charge is 0.508 e. The monoisotopic (exact) mass is 319 g/mol. The second-order valence-electron chi connectivity index (χ2n) is 6.11. The van der Waals surface area contributed by atoms with Crippen LogP contribution in [0.3, 0.4) is 0 Å². The van der Waals surface area contributed by atoms with Crippen LogP contribution in [0.4, 0.5) is 0 Å². The van der Waals surface area contributed by atoms with Crippen LogP contribution in [0, 0.1) is 0 Å². The van der Waals surface area contributed by atoms with Crippen LogP contribution in [-0.2, 0) is 4.79 Å². The third kappa shape index (κ3) is 4.69. The van der Waals surface area contributed by atoms with Crippen molar-refractivity contribution in [3.63, 3.8) is 0 Å². The molecule has 5 nitrogen and oxygen atoms in total. The van der Waals surface area contributed by atoms with Crippen molar-refractivity contribution in [2.45, 2.75) is 32.7 Å². The normalized spacial score (nSPS) is 16.6. The SMILES string of the molecule is CCCN(CCC)C(C(=O)N1CCNCC1)c1ccc(O)cc1. The van der Waals surface area contributed by atoms with Crippen molar-refractivity contribution >= 4 is 5.91 Å². The van der Waals surface area contributed by atoms with Crippen LogP contribution >= 0.6 is 0 Å². The minimum absolute atomic E-state index is 0.180. The maximum absolute atomic E-state index is 13.2. The number of hydrogen-bond donors (Lipinski definition) is 2. The number of carbonyl (C=O) groups excluding carboxylic acids is 1. The average Bonchev–Trinajstić information content (AvgIpc) is 2.58. The first-order valence-corrected chi connectivity index (χ1v) is 8.69. The van der Waals surface area contributed by atoms with Gasteiger partial charge in [0.15, 0.2) is 0 Å². The lowest BCUT2D eigenvalue weighted by Gasteiger charge is -2.36. The molecule has 1 atom stereocenters. The fraction of sp³-hybridized carbons (Fsp3) is 0.611. The Morgan fingerprint density at radius 2 is 1.74 bits per heavy atom. The number of hydrogen-bond acceptors (Lipinski definition) is 4. The fourth-order valence-electron chi connectivity index (χ4n) is 3.17. The number of amides is 1. The third-order valence-corrected chi connectivity index (χ3v) is 4.26. The number of benzene rings is 1. The van der Waals surface area contributed by atoms with E-state index < -0.39 is 0 Å². The predicted molar refractivity (Wildman–Crippen MR) is 92.5 cm³/mol. The number of phenols is 1. The zero-order valence-electron chi connectivity index (χ0n) is 14.3. The number of aromatic hydroxyl groups is 1. The number of phenolic OH excluding ortho intramolecular Hbond substituents is 1. The molecule has 0 aliphatic carbocycles. The molecule has 2 N–H and O–H groups in total. The molecule has 128 valence electrons. The molecule has 0 aromatic heterocycles. The average molecular weight is 319 g/mol. The van der Waals surface area contributed by atoms with Crippen molar-refractivity contribution in [2.75, 3.05) is 39.3 Å². The molecular weight excluding hydrogens is 290 g/mol. The molecule has 5 heteroatoms. The van der Waals surface area contributed by atoms with Crippen molar-refractivity contribution in [3.05, 3.63) is 29.8 Å². The smallest absolute Gasteiger partial charge is 0.244 e. The van der Waals surface area contributed by atoms with E-state index in [0.717, 1.165) is 57.7 Å². The molecule has 1 aromatic rings. The Morgan fingerprint density at radius 1 is 1.17 bits per heavy atom. The van der Waals surface area contributed by atoms with Crippen LogP contribution in [0.2, 0.25) is 0 Å². The molecule has 1 unspecified atom stereocenters. The summed E-state index contributed by atoms with van der Waals surface area (Å²) < 4.78 is 0. The molecule has 0 spiro atoms. The highest BCUT2D eigenvalue weighted by molar-refractivity contribution is 5.83. The van der Waals surface area contributed by atoms with Gasteiger partial charge in [0.05, 0.1) is 0 Å². The van der Waals surface area contributed by atoms with E-state index in [1.807, 2.05) is 17.0 Å². The molecule has 1 amide bonds. The zero-order valence-corrected chi connectivity index (χ0v) is 14.3. The summed E-state index contributed by atoms with van der Waals surface area (Å²) in [5.41, 5.74) is 0.966.